The highest BCUT2D eigenvalue weighted by Crippen LogP contribution is 2.19. The third kappa shape index (κ3) is 2.82. The molecule has 9 heteroatoms. The van der Waals surface area contributed by atoms with Crippen molar-refractivity contribution in [2.24, 2.45) is 7.05 Å². The molecule has 3 rings (SSSR count). The molecule has 0 aliphatic heterocycles. The van der Waals surface area contributed by atoms with Crippen molar-refractivity contribution in [2.75, 3.05) is 12.4 Å². The summed E-state index contributed by atoms with van der Waals surface area (Å²) in [5.41, 5.74) is 1.57. The zero-order valence-corrected chi connectivity index (χ0v) is 13.9. The van der Waals surface area contributed by atoms with Gasteiger partial charge in [0.1, 0.15) is 0 Å². The number of nitrogens with zero attached hydrogens (tertiary/aromatic N) is 4. The van der Waals surface area contributed by atoms with Crippen LogP contribution in [0.5, 0.6) is 0 Å². The van der Waals surface area contributed by atoms with Crippen molar-refractivity contribution >= 4 is 39.0 Å². The van der Waals surface area contributed by atoms with Gasteiger partial charge in [-0.25, -0.2) is 9.31 Å². The summed E-state index contributed by atoms with van der Waals surface area (Å²) in [6, 6.07) is 3.45. The van der Waals surface area contributed by atoms with E-state index in [-0.39, 0.29) is 17.3 Å². The van der Waals surface area contributed by atoms with Crippen LogP contribution in [0.15, 0.2) is 35.2 Å². The zero-order valence-electron chi connectivity index (χ0n) is 12.3. The Hall–Kier alpha value is -2.68. The van der Waals surface area contributed by atoms with Gasteiger partial charge in [0.2, 0.25) is 0 Å². The molecule has 23 heavy (non-hydrogen) atoms. The molecular formula is C14H12BrN5O3. The molecule has 0 radical (unpaired) electrons. The SMILES string of the molecule is COC(=O)c1nn(C)cc1NC(=O)c1ccc2c(Br)cnn2c1. The van der Waals surface area contributed by atoms with E-state index >= 15 is 0 Å². The van der Waals surface area contributed by atoms with E-state index in [4.69, 9.17) is 0 Å². The van der Waals surface area contributed by atoms with Crippen molar-refractivity contribution < 1.29 is 14.3 Å². The van der Waals surface area contributed by atoms with Crippen molar-refractivity contribution in [3.63, 3.8) is 0 Å². The first-order valence-corrected chi connectivity index (χ1v) is 7.35. The van der Waals surface area contributed by atoms with Gasteiger partial charge in [0.15, 0.2) is 5.69 Å². The topological polar surface area (TPSA) is 90.5 Å². The van der Waals surface area contributed by atoms with E-state index in [0.29, 0.717) is 5.56 Å². The number of anilines is 1. The van der Waals surface area contributed by atoms with Crippen LogP contribution in [0.25, 0.3) is 5.52 Å². The fourth-order valence-corrected chi connectivity index (χ4v) is 2.51. The van der Waals surface area contributed by atoms with Crippen molar-refractivity contribution in [2.45, 2.75) is 0 Å². The Kier molecular flexibility index (Phi) is 3.87. The highest BCUT2D eigenvalue weighted by atomic mass is 79.9. The Morgan fingerprint density at radius 2 is 2.09 bits per heavy atom. The standard InChI is InChI=1S/C14H12BrN5O3/c1-19-7-10(12(18-19)14(22)23-2)17-13(21)8-3-4-11-9(15)5-16-20(11)6-8/h3-7H,1-2H3,(H,17,21). The second-order valence-corrected chi connectivity index (χ2v) is 5.61. The Labute approximate surface area is 139 Å². The molecule has 0 aliphatic carbocycles. The Bertz CT molecular complexity index is 914. The van der Waals surface area contributed by atoms with Crippen LogP contribution < -0.4 is 5.32 Å². The molecule has 0 fully saturated rings. The normalized spacial score (nSPS) is 10.7. The molecule has 118 valence electrons. The van der Waals surface area contributed by atoms with Gasteiger partial charge in [-0.2, -0.15) is 10.2 Å². The summed E-state index contributed by atoms with van der Waals surface area (Å²) in [6.07, 6.45) is 4.78. The maximum atomic E-state index is 12.4. The van der Waals surface area contributed by atoms with Gasteiger partial charge < -0.3 is 10.1 Å². The number of hydrogen-bond donors (Lipinski definition) is 1. The number of rotatable bonds is 3. The molecule has 0 bridgehead atoms. The first-order chi connectivity index (χ1) is 11.0. The summed E-state index contributed by atoms with van der Waals surface area (Å²) in [6.45, 7) is 0. The third-order valence-electron chi connectivity index (χ3n) is 3.19. The molecule has 8 nitrogen and oxygen atoms in total. The van der Waals surface area contributed by atoms with Crippen LogP contribution >= 0.6 is 15.9 Å². The van der Waals surface area contributed by atoms with Gasteiger partial charge in [0.05, 0.1) is 34.5 Å². The lowest BCUT2D eigenvalue weighted by Crippen LogP contribution is -2.15. The van der Waals surface area contributed by atoms with Gasteiger partial charge in [-0.05, 0) is 28.1 Å². The van der Waals surface area contributed by atoms with E-state index in [0.717, 1.165) is 9.99 Å². The average molecular weight is 378 g/mol. The number of esters is 1. The van der Waals surface area contributed by atoms with Crippen LogP contribution in [0.3, 0.4) is 0 Å². The average Bonchev–Trinajstić information content (AvgIpc) is 3.09. The van der Waals surface area contributed by atoms with Crippen LogP contribution in [0.4, 0.5) is 5.69 Å². The smallest absolute Gasteiger partial charge is 0.360 e. The number of fused-ring (bicyclic) bond motifs is 1. The number of aryl methyl sites for hydroxylation is 1. The maximum absolute atomic E-state index is 12.4. The summed E-state index contributed by atoms with van der Waals surface area (Å²) in [5.74, 6) is -0.996. The number of hydrogen-bond acceptors (Lipinski definition) is 5. The number of carbonyl (C=O) groups excluding carboxylic acids is 2. The number of amides is 1. The van der Waals surface area contributed by atoms with Crippen molar-refractivity contribution in [1.29, 1.82) is 0 Å². The van der Waals surface area contributed by atoms with Crippen molar-refractivity contribution in [1.82, 2.24) is 19.4 Å². The predicted octanol–water partition coefficient (Wildman–Crippen LogP) is 1.87. The van der Waals surface area contributed by atoms with Crippen LogP contribution in [0.2, 0.25) is 0 Å². The quantitative estimate of drug-likeness (QED) is 0.703. The van der Waals surface area contributed by atoms with Crippen molar-refractivity contribution in [3.8, 4) is 0 Å². The highest BCUT2D eigenvalue weighted by Gasteiger charge is 2.19. The predicted molar refractivity (Wildman–Crippen MR) is 85.4 cm³/mol. The van der Waals surface area contributed by atoms with Crippen molar-refractivity contribution in [3.05, 3.63) is 46.5 Å². The van der Waals surface area contributed by atoms with Gasteiger partial charge in [-0.1, -0.05) is 0 Å². The molecule has 3 aromatic heterocycles. The molecule has 3 aromatic rings. The van der Waals surface area contributed by atoms with Gasteiger partial charge in [0.25, 0.3) is 5.91 Å². The molecule has 0 unspecified atom stereocenters. The van der Waals surface area contributed by atoms with E-state index in [1.54, 1.807) is 36.1 Å². The minimum Gasteiger partial charge on any atom is -0.464 e. The minimum absolute atomic E-state index is 0.0475. The monoisotopic (exact) mass is 377 g/mol. The van der Waals surface area contributed by atoms with E-state index < -0.39 is 5.97 Å². The van der Waals surface area contributed by atoms with Crippen LogP contribution in [-0.2, 0) is 11.8 Å². The van der Waals surface area contributed by atoms with Gasteiger partial charge >= 0.3 is 5.97 Å². The van der Waals surface area contributed by atoms with Gasteiger partial charge in [0, 0.05) is 19.4 Å². The Morgan fingerprint density at radius 1 is 1.30 bits per heavy atom. The summed E-state index contributed by atoms with van der Waals surface area (Å²) >= 11 is 3.37. The first-order valence-electron chi connectivity index (χ1n) is 6.56. The Balaban J connectivity index is 1.90. The second-order valence-electron chi connectivity index (χ2n) is 4.75. The van der Waals surface area contributed by atoms with Crippen LogP contribution in [-0.4, -0.2) is 38.4 Å². The second kappa shape index (κ2) is 5.84. The molecule has 1 amide bonds. The molecule has 0 spiro atoms. The molecular weight excluding hydrogens is 366 g/mol. The molecule has 0 atom stereocenters. The van der Waals surface area contributed by atoms with Gasteiger partial charge in [-0.15, -0.1) is 0 Å². The number of halogens is 1. The first kappa shape index (κ1) is 15.2. The van der Waals surface area contributed by atoms with Crippen LogP contribution in [0, 0.1) is 0 Å². The zero-order chi connectivity index (χ0) is 16.6. The third-order valence-corrected chi connectivity index (χ3v) is 3.80. The van der Waals surface area contributed by atoms with E-state index in [1.807, 2.05) is 0 Å². The molecule has 0 saturated carbocycles. The number of aromatic nitrogens is 4. The van der Waals surface area contributed by atoms with E-state index in [1.165, 1.54) is 18.0 Å². The lowest BCUT2D eigenvalue weighted by Gasteiger charge is -2.05. The molecule has 1 N–H and O–H groups in total. The number of pyridine rings is 1. The number of nitrogens with one attached hydrogen (secondary N) is 1. The number of carbonyl (C=O) groups is 2. The summed E-state index contributed by atoms with van der Waals surface area (Å²) < 4.78 is 8.50. The summed E-state index contributed by atoms with van der Waals surface area (Å²) in [7, 11) is 2.90. The fourth-order valence-electron chi connectivity index (χ4n) is 2.11. The maximum Gasteiger partial charge on any atom is 0.360 e. The summed E-state index contributed by atoms with van der Waals surface area (Å²) in [4.78, 5) is 24.1. The minimum atomic E-state index is -0.618. The number of methoxy groups -OCH3 is 1. The van der Waals surface area contributed by atoms with Crippen LogP contribution in [0.1, 0.15) is 20.8 Å². The lowest BCUT2D eigenvalue weighted by molar-refractivity contribution is 0.0594. The number of ether oxygens (including phenoxy) is 1. The molecule has 0 aromatic carbocycles. The van der Waals surface area contributed by atoms with E-state index in [9.17, 15) is 9.59 Å². The lowest BCUT2D eigenvalue weighted by atomic mass is 10.2. The van der Waals surface area contributed by atoms with E-state index in [2.05, 4.69) is 36.2 Å². The molecule has 0 aliphatic rings. The molecule has 0 saturated heterocycles. The fraction of sp³-hybridized carbons (Fsp3) is 0.143. The summed E-state index contributed by atoms with van der Waals surface area (Å²) in [5, 5.41) is 10.8. The van der Waals surface area contributed by atoms with Gasteiger partial charge in [-0.3, -0.25) is 9.48 Å². The molecule has 3 heterocycles. The highest BCUT2D eigenvalue weighted by molar-refractivity contribution is 9.10. The Morgan fingerprint density at radius 3 is 2.83 bits per heavy atom. The largest absolute Gasteiger partial charge is 0.464 e.